The topological polar surface area (TPSA) is 165 Å². The molecule has 4 rings (SSSR count). The normalized spacial score (nSPS) is 11.9. The summed E-state index contributed by atoms with van der Waals surface area (Å²) in [6.07, 6.45) is 5.51. The van der Waals surface area contributed by atoms with Gasteiger partial charge in [0.1, 0.15) is 45.3 Å². The number of aryl methyl sites for hydroxylation is 1. The third-order valence-electron chi connectivity index (χ3n) is 14.2. The fourth-order valence-electron chi connectivity index (χ4n) is 9.35. The molecule has 20 heteroatoms. The van der Waals surface area contributed by atoms with E-state index in [-0.39, 0.29) is 156 Å². The molecule has 0 fully saturated rings. The van der Waals surface area contributed by atoms with Crippen molar-refractivity contribution >= 4 is 33.7 Å². The molecule has 0 spiro atoms. The molecule has 17 nitrogen and oxygen atoms in total. The Kier molecular flexibility index (Phi) is 56.7. The van der Waals surface area contributed by atoms with Crippen LogP contribution in [0.4, 0.5) is 0 Å². The van der Waals surface area contributed by atoms with Gasteiger partial charge in [0.15, 0.2) is 27.2 Å². The number of rotatable bonds is 40. The summed E-state index contributed by atoms with van der Waals surface area (Å²) in [4.78, 5) is 43.8. The number of esters is 2. The van der Waals surface area contributed by atoms with Crippen LogP contribution in [0.2, 0.25) is 0 Å². The average Bonchev–Trinajstić information content (AvgIpc) is 0.925. The van der Waals surface area contributed by atoms with Gasteiger partial charge in [0.25, 0.3) is 0 Å². The summed E-state index contributed by atoms with van der Waals surface area (Å²) in [5, 5.41) is 3.96. The van der Waals surface area contributed by atoms with Gasteiger partial charge >= 0.3 is 63.3 Å². The van der Waals surface area contributed by atoms with Crippen molar-refractivity contribution in [1.29, 1.82) is 0 Å². The second-order valence-electron chi connectivity index (χ2n) is 26.4. The number of carbonyl (C=O) groups excluding carboxylic acids is 3. The summed E-state index contributed by atoms with van der Waals surface area (Å²) >= 11 is 2.99. The number of halogens is 2. The quantitative estimate of drug-likeness (QED) is 0.0112. The smallest absolute Gasteiger partial charge is 1.00 e. The summed E-state index contributed by atoms with van der Waals surface area (Å²) in [5.41, 5.74) is 3.21. The van der Waals surface area contributed by atoms with Gasteiger partial charge in [-0.15, -0.1) is 0 Å². The average molecular weight is 1550 g/mol. The van der Waals surface area contributed by atoms with Crippen molar-refractivity contribution in [2.45, 2.75) is 233 Å². The Balaban J connectivity index is -0.00000147. The first-order valence-electron chi connectivity index (χ1n) is 33.6. The van der Waals surface area contributed by atoms with Crippen LogP contribution >= 0.6 is 15.9 Å². The molecular formula is C76H127BrIKN4O13. The Labute approximate surface area is 650 Å². The molecule has 0 saturated carbocycles. The fraction of sp³-hybridized carbons (Fsp3) is 0.645. The number of carbonyl (C=O) groups is 3. The maximum atomic E-state index is 13.4. The monoisotopic (exact) mass is 1550 g/mol. The number of alkyl halides is 1. The molecule has 544 valence electrons. The van der Waals surface area contributed by atoms with Gasteiger partial charge in [-0.25, -0.2) is 0 Å². The zero-order chi connectivity index (χ0) is 69.8. The van der Waals surface area contributed by atoms with E-state index in [4.69, 9.17) is 47.4 Å². The molecule has 4 aromatic rings. The van der Waals surface area contributed by atoms with Crippen molar-refractivity contribution in [3.8, 4) is 23.0 Å². The summed E-state index contributed by atoms with van der Waals surface area (Å²) in [6.45, 7) is 44.3. The molecule has 96 heavy (non-hydrogen) atoms. The minimum Gasteiger partial charge on any atom is -1.00 e. The number of nitrogens with one attached hydrogen (secondary N) is 1. The van der Waals surface area contributed by atoms with E-state index in [9.17, 15) is 14.4 Å². The van der Waals surface area contributed by atoms with Gasteiger partial charge in [-0.05, 0) is 171 Å². The Morgan fingerprint density at radius 3 is 1.28 bits per heavy atom. The minimum atomic E-state index is -0.612. The number of hydrogen-bond donors (Lipinski definition) is 1. The van der Waals surface area contributed by atoms with Crippen LogP contribution in [0.25, 0.3) is 0 Å². The largest absolute Gasteiger partial charge is 1.00 e. The number of hydrogen-bond acceptors (Lipinski definition) is 17. The van der Waals surface area contributed by atoms with E-state index in [1.807, 2.05) is 148 Å². The van der Waals surface area contributed by atoms with E-state index in [1.165, 1.54) is 5.56 Å². The van der Waals surface area contributed by atoms with Crippen molar-refractivity contribution in [3.05, 3.63) is 119 Å². The van der Waals surface area contributed by atoms with Gasteiger partial charge in [0, 0.05) is 99.9 Å². The van der Waals surface area contributed by atoms with Crippen LogP contribution < -0.4 is 99.6 Å². The molecule has 0 aliphatic rings. The summed E-state index contributed by atoms with van der Waals surface area (Å²) < 4.78 is 55.6. The van der Waals surface area contributed by atoms with Crippen LogP contribution in [0.1, 0.15) is 193 Å². The Morgan fingerprint density at radius 2 is 0.917 bits per heavy atom. The second-order valence-corrected chi connectivity index (χ2v) is 27.0. The molecular weight excluding hydrogens is 1420 g/mol. The first-order chi connectivity index (χ1) is 44.0. The van der Waals surface area contributed by atoms with E-state index >= 15 is 0 Å². The number of benzene rings is 4. The summed E-state index contributed by atoms with van der Waals surface area (Å²) in [6, 6.07) is 33.8. The fourth-order valence-corrected chi connectivity index (χ4v) is 9.47. The maximum Gasteiger partial charge on any atom is 1.00 e. The second kappa shape index (κ2) is 55.8. The molecule has 4 aromatic carbocycles. The molecule has 0 amide bonds. The van der Waals surface area contributed by atoms with Crippen LogP contribution in [0.3, 0.4) is 0 Å². The van der Waals surface area contributed by atoms with Crippen molar-refractivity contribution in [1.82, 2.24) is 20.0 Å². The first kappa shape index (κ1) is 97.4. The standard InChI is InChI=1S/C37H58N2O7.C25H37NO4.C7H17N.C6H11BrO2.CH4.HI.K/c1-10-31(39(26-35(41)46-37(7,8)9)23-30-18-14-16-20-34(30)45-28-43-12-3)24-38(25-32(40)21-36(4,5)6)22-29-17-13-15-19-33(29)44-27-42-11-2;1-4-23(26-18-22-13-8-10-17-25(22)30-20-28-6-3)15-11-14-21-12-7-9-16-24(21)29-19-27-5-2;1-6(2)8(5)7(3)4;1-6(2,3)9-5(8)4-7;;;/h13-20,31H,10-12,21-28H2,1-9H3;7-10,12-13,16-17,23,26H,4-6,11,14-15,18-20H2,1-3H3;6-7H,1-5H3;4H2,1-3H3;1H4;1H;/q;;;;;;+1/p-1. The van der Waals surface area contributed by atoms with Crippen molar-refractivity contribution < 1.29 is 137 Å². The van der Waals surface area contributed by atoms with Gasteiger partial charge in [-0.3, -0.25) is 24.2 Å². The van der Waals surface area contributed by atoms with Gasteiger partial charge < -0.3 is 81.6 Å². The summed E-state index contributed by atoms with van der Waals surface area (Å²) in [7, 11) is 2.15. The molecule has 0 saturated heterocycles. The van der Waals surface area contributed by atoms with Crippen LogP contribution in [0, 0.1) is 5.41 Å². The molecule has 1 N–H and O–H groups in total. The van der Waals surface area contributed by atoms with E-state index in [2.05, 4.69) is 124 Å². The van der Waals surface area contributed by atoms with E-state index in [0.717, 1.165) is 72.6 Å². The number of ether oxygens (including phenoxy) is 10. The van der Waals surface area contributed by atoms with Crippen molar-refractivity contribution in [3.63, 3.8) is 0 Å². The Bertz CT molecular complexity index is 2610. The number of para-hydroxylation sites is 4. The van der Waals surface area contributed by atoms with E-state index in [0.29, 0.717) is 83.2 Å². The predicted octanol–water partition coefficient (Wildman–Crippen LogP) is 10.3. The molecule has 2 unspecified atom stereocenters. The van der Waals surface area contributed by atoms with E-state index in [1.54, 1.807) is 0 Å². The van der Waals surface area contributed by atoms with E-state index < -0.39 is 5.60 Å². The van der Waals surface area contributed by atoms with Gasteiger partial charge in [0.05, 0.1) is 13.1 Å². The van der Waals surface area contributed by atoms with Crippen molar-refractivity contribution in [2.24, 2.45) is 5.41 Å². The van der Waals surface area contributed by atoms with Crippen molar-refractivity contribution in [2.75, 3.05) is 85.6 Å². The SMILES string of the molecule is C.CC(C)(C)OC(=O)CBr.CC(C)N(C)C(C)C.CCOCOc1ccccc1CCCC(CC)NCc1ccccc1OCOCC.CCOCOc1ccccc1CN(CC(=O)CC(C)(C)C)CC(CC)N(CC(=O)OC(C)(C)C)Cc1ccccc1OCOCC.[I-].[K+]. The minimum absolute atomic E-state index is 0. The molecule has 0 radical (unpaired) electrons. The molecule has 0 aromatic heterocycles. The third-order valence-corrected chi connectivity index (χ3v) is 14.7. The zero-order valence-corrected chi connectivity index (χ0v) is 69.2. The summed E-state index contributed by atoms with van der Waals surface area (Å²) in [5.74, 6) is 2.89. The van der Waals surface area contributed by atoms with Crippen LogP contribution in [-0.2, 0) is 68.9 Å². The third kappa shape index (κ3) is 47.4. The molecule has 0 aliphatic heterocycles. The van der Waals surface area contributed by atoms with Crippen LogP contribution in [0.5, 0.6) is 23.0 Å². The van der Waals surface area contributed by atoms with Gasteiger partial charge in [0.2, 0.25) is 0 Å². The van der Waals surface area contributed by atoms with Crippen LogP contribution in [-0.4, -0.2) is 153 Å². The Morgan fingerprint density at radius 1 is 0.531 bits per heavy atom. The van der Waals surface area contributed by atoms with Crippen LogP contribution in [0.15, 0.2) is 97.1 Å². The molecule has 0 aliphatic carbocycles. The predicted molar refractivity (Wildman–Crippen MR) is 387 cm³/mol. The maximum absolute atomic E-state index is 13.4. The zero-order valence-electron chi connectivity index (χ0n) is 62.3. The molecule has 0 heterocycles. The number of Topliss-reactive ketones (excluding diaryl/α,β-unsaturated/α-hetero) is 1. The van der Waals surface area contributed by atoms with Gasteiger partial charge in [-0.2, -0.15) is 0 Å². The number of ketones is 1. The molecule has 0 bridgehead atoms. The van der Waals surface area contributed by atoms with Gasteiger partial charge in [-0.1, -0.05) is 131 Å². The molecule has 2 atom stereocenters. The number of nitrogens with zero attached hydrogens (tertiary/aromatic N) is 3. The first-order valence-corrected chi connectivity index (χ1v) is 34.7. The Hall–Kier alpha value is -2.78.